The van der Waals surface area contributed by atoms with Crippen molar-refractivity contribution in [2.24, 2.45) is 16.6 Å². The van der Waals surface area contributed by atoms with E-state index in [9.17, 15) is 4.79 Å². The van der Waals surface area contributed by atoms with E-state index in [1.165, 1.54) is 6.42 Å². The van der Waals surface area contributed by atoms with Crippen molar-refractivity contribution in [1.29, 1.82) is 0 Å². The van der Waals surface area contributed by atoms with Crippen LogP contribution in [0.1, 0.15) is 56.5 Å². The highest BCUT2D eigenvalue weighted by atomic mass is 127. The third-order valence-electron chi connectivity index (χ3n) is 3.56. The van der Waals surface area contributed by atoms with Gasteiger partial charge in [0.25, 0.3) is 0 Å². The molecule has 24 heavy (non-hydrogen) atoms. The Morgan fingerprint density at radius 3 is 2.29 bits per heavy atom. The predicted molar refractivity (Wildman–Crippen MR) is 112 cm³/mol. The van der Waals surface area contributed by atoms with Gasteiger partial charge in [0.15, 0.2) is 5.96 Å². The summed E-state index contributed by atoms with van der Waals surface area (Å²) in [5, 5.41) is 6.70. The summed E-state index contributed by atoms with van der Waals surface area (Å²) in [7, 11) is 0. The molecule has 1 aromatic carbocycles. The van der Waals surface area contributed by atoms with Gasteiger partial charge in [0, 0.05) is 18.2 Å². The van der Waals surface area contributed by atoms with Gasteiger partial charge in [0.05, 0.1) is 6.54 Å². The molecule has 0 aliphatic rings. The number of rotatable bonds is 8. The Bertz CT molecular complexity index is 514. The largest absolute Gasteiger partial charge is 0.366 e. The molecule has 136 valence electrons. The quantitative estimate of drug-likeness (QED) is 0.326. The molecule has 0 aliphatic carbocycles. The number of amides is 1. The molecule has 0 saturated heterocycles. The molecule has 0 aromatic heterocycles. The molecule has 1 atom stereocenters. The maximum atomic E-state index is 11.1. The topological polar surface area (TPSA) is 79.5 Å². The van der Waals surface area contributed by atoms with E-state index in [4.69, 9.17) is 5.73 Å². The Morgan fingerprint density at radius 1 is 1.17 bits per heavy atom. The summed E-state index contributed by atoms with van der Waals surface area (Å²) in [4.78, 5) is 15.7. The fraction of sp³-hybridized carbons (Fsp3) is 0.556. The minimum absolute atomic E-state index is 0. The van der Waals surface area contributed by atoms with Gasteiger partial charge in [-0.2, -0.15) is 0 Å². The summed E-state index contributed by atoms with van der Waals surface area (Å²) >= 11 is 0. The van der Waals surface area contributed by atoms with E-state index in [1.807, 2.05) is 12.1 Å². The first-order valence-electron chi connectivity index (χ1n) is 8.36. The number of primary amides is 1. The summed E-state index contributed by atoms with van der Waals surface area (Å²) in [5.74, 6) is 1.12. The fourth-order valence-corrected chi connectivity index (χ4v) is 2.15. The van der Waals surface area contributed by atoms with E-state index in [0.717, 1.165) is 24.5 Å². The zero-order valence-electron chi connectivity index (χ0n) is 15.1. The summed E-state index contributed by atoms with van der Waals surface area (Å²) < 4.78 is 0. The van der Waals surface area contributed by atoms with Gasteiger partial charge >= 0.3 is 0 Å². The maximum absolute atomic E-state index is 11.1. The van der Waals surface area contributed by atoms with E-state index in [0.29, 0.717) is 24.1 Å². The Hall–Kier alpha value is -1.31. The SMILES string of the molecule is CCNC(=NCc1ccc(C(N)=O)cc1)NC(C)CCC(C)C.I. The number of carbonyl (C=O) groups excluding carboxylic acids is 1. The van der Waals surface area contributed by atoms with E-state index in [-0.39, 0.29) is 24.0 Å². The smallest absolute Gasteiger partial charge is 0.248 e. The molecule has 1 aromatic rings. The van der Waals surface area contributed by atoms with Crippen molar-refractivity contribution in [2.75, 3.05) is 6.54 Å². The number of nitrogens with two attached hydrogens (primary N) is 1. The lowest BCUT2D eigenvalue weighted by atomic mass is 10.0. The zero-order valence-corrected chi connectivity index (χ0v) is 17.5. The van der Waals surface area contributed by atoms with Gasteiger partial charge in [0.2, 0.25) is 5.91 Å². The first-order chi connectivity index (χ1) is 10.9. The molecule has 0 radical (unpaired) electrons. The number of nitrogens with zero attached hydrogens (tertiary/aromatic N) is 1. The van der Waals surface area contributed by atoms with Crippen molar-refractivity contribution in [2.45, 2.75) is 53.1 Å². The number of benzene rings is 1. The average Bonchev–Trinajstić information content (AvgIpc) is 2.51. The van der Waals surface area contributed by atoms with Crippen LogP contribution in [0.25, 0.3) is 0 Å². The first kappa shape index (κ1) is 22.7. The van der Waals surface area contributed by atoms with Crippen molar-refractivity contribution in [1.82, 2.24) is 10.6 Å². The van der Waals surface area contributed by atoms with Gasteiger partial charge in [-0.15, -0.1) is 24.0 Å². The van der Waals surface area contributed by atoms with Crippen LogP contribution in [-0.4, -0.2) is 24.5 Å². The van der Waals surface area contributed by atoms with Crippen LogP contribution in [0.3, 0.4) is 0 Å². The van der Waals surface area contributed by atoms with Crippen LogP contribution in [0.4, 0.5) is 0 Å². The molecular weight excluding hydrogens is 415 g/mol. The van der Waals surface area contributed by atoms with Gasteiger partial charge < -0.3 is 16.4 Å². The number of guanidine groups is 1. The van der Waals surface area contributed by atoms with E-state index in [2.05, 4.69) is 43.3 Å². The molecule has 4 N–H and O–H groups in total. The minimum Gasteiger partial charge on any atom is -0.366 e. The standard InChI is InChI=1S/C18H30N4O.HI/c1-5-20-18(22-14(4)7-6-13(2)3)21-12-15-8-10-16(11-9-15)17(19)23;/h8-11,13-14H,5-7,12H2,1-4H3,(H2,19,23)(H2,20,21,22);1H. The van der Waals surface area contributed by atoms with Crippen molar-refractivity contribution < 1.29 is 4.79 Å². The third kappa shape index (κ3) is 9.10. The van der Waals surface area contributed by atoms with Crippen LogP contribution >= 0.6 is 24.0 Å². The van der Waals surface area contributed by atoms with Crippen LogP contribution in [0.5, 0.6) is 0 Å². The van der Waals surface area contributed by atoms with Gasteiger partial charge in [-0.3, -0.25) is 4.79 Å². The zero-order chi connectivity index (χ0) is 17.2. The average molecular weight is 446 g/mol. The molecule has 0 aliphatic heterocycles. The summed E-state index contributed by atoms with van der Waals surface area (Å²) in [5.41, 5.74) is 6.81. The van der Waals surface area contributed by atoms with E-state index >= 15 is 0 Å². The van der Waals surface area contributed by atoms with Crippen molar-refractivity contribution in [3.05, 3.63) is 35.4 Å². The van der Waals surface area contributed by atoms with Crippen molar-refractivity contribution in [3.63, 3.8) is 0 Å². The monoisotopic (exact) mass is 446 g/mol. The molecule has 5 nitrogen and oxygen atoms in total. The minimum atomic E-state index is -0.408. The molecule has 0 fully saturated rings. The molecule has 6 heteroatoms. The molecule has 1 rings (SSSR count). The second-order valence-electron chi connectivity index (χ2n) is 6.27. The molecule has 1 amide bonds. The first-order valence-corrected chi connectivity index (χ1v) is 8.36. The summed E-state index contributed by atoms with van der Waals surface area (Å²) in [6, 6.07) is 7.62. The van der Waals surface area contributed by atoms with Crippen LogP contribution < -0.4 is 16.4 Å². The normalized spacial score (nSPS) is 12.5. The number of carbonyl (C=O) groups is 1. The molecule has 0 bridgehead atoms. The highest BCUT2D eigenvalue weighted by Crippen LogP contribution is 2.07. The summed E-state index contributed by atoms with van der Waals surface area (Å²) in [6.07, 6.45) is 2.32. The lowest BCUT2D eigenvalue weighted by molar-refractivity contribution is 0.100. The molecular formula is C18H31IN4O. The number of aliphatic imine (C=N–C) groups is 1. The van der Waals surface area contributed by atoms with Gasteiger partial charge in [-0.1, -0.05) is 26.0 Å². The second-order valence-corrected chi connectivity index (χ2v) is 6.27. The summed E-state index contributed by atoms with van der Waals surface area (Å²) in [6.45, 7) is 10.1. The highest BCUT2D eigenvalue weighted by Gasteiger charge is 2.06. The van der Waals surface area contributed by atoms with Crippen molar-refractivity contribution >= 4 is 35.8 Å². The maximum Gasteiger partial charge on any atom is 0.248 e. The van der Waals surface area contributed by atoms with Gasteiger partial charge in [-0.25, -0.2) is 4.99 Å². The van der Waals surface area contributed by atoms with Crippen LogP contribution in [-0.2, 0) is 6.54 Å². The molecule has 0 saturated carbocycles. The lowest BCUT2D eigenvalue weighted by Crippen LogP contribution is -2.42. The van der Waals surface area contributed by atoms with Crippen molar-refractivity contribution in [3.8, 4) is 0 Å². The number of hydrogen-bond donors (Lipinski definition) is 3. The predicted octanol–water partition coefficient (Wildman–Crippen LogP) is 3.28. The Labute approximate surface area is 162 Å². The number of nitrogens with one attached hydrogen (secondary N) is 2. The van der Waals surface area contributed by atoms with E-state index in [1.54, 1.807) is 12.1 Å². The lowest BCUT2D eigenvalue weighted by Gasteiger charge is -2.18. The highest BCUT2D eigenvalue weighted by molar-refractivity contribution is 14.0. The Kier molecular flexibility index (Phi) is 11.4. The molecule has 0 spiro atoms. The Morgan fingerprint density at radius 2 is 1.79 bits per heavy atom. The molecule has 0 heterocycles. The van der Waals surface area contributed by atoms with Crippen LogP contribution in [0.15, 0.2) is 29.3 Å². The van der Waals surface area contributed by atoms with Crippen LogP contribution in [0.2, 0.25) is 0 Å². The van der Waals surface area contributed by atoms with Crippen LogP contribution in [0, 0.1) is 5.92 Å². The number of hydrogen-bond acceptors (Lipinski definition) is 2. The third-order valence-corrected chi connectivity index (χ3v) is 3.56. The van der Waals surface area contributed by atoms with E-state index < -0.39 is 5.91 Å². The Balaban J connectivity index is 0.00000529. The van der Waals surface area contributed by atoms with Gasteiger partial charge in [0.1, 0.15) is 0 Å². The van der Waals surface area contributed by atoms with Gasteiger partial charge in [-0.05, 0) is 50.3 Å². The number of halogens is 1. The fourth-order valence-electron chi connectivity index (χ4n) is 2.15. The second kappa shape index (κ2) is 12.1. The molecule has 1 unspecified atom stereocenters.